The lowest BCUT2D eigenvalue weighted by atomic mass is 9.93. The van der Waals surface area contributed by atoms with Crippen molar-refractivity contribution < 1.29 is 14.3 Å². The number of carbonyl (C=O) groups is 1. The Balaban J connectivity index is 1.34. The number of benzene rings is 1. The number of methoxy groups -OCH3 is 1. The van der Waals surface area contributed by atoms with Crippen LogP contribution in [0.5, 0.6) is 11.6 Å². The number of pyridine rings is 1. The molecule has 1 aromatic carbocycles. The summed E-state index contributed by atoms with van der Waals surface area (Å²) in [4.78, 5) is 20.0. The third-order valence-corrected chi connectivity index (χ3v) is 6.63. The summed E-state index contributed by atoms with van der Waals surface area (Å²) in [5.74, 6) is 1.61. The van der Waals surface area contributed by atoms with Gasteiger partial charge in [0.1, 0.15) is 18.1 Å². The minimum atomic E-state index is -0.395. The molecule has 32 heavy (non-hydrogen) atoms. The number of hydrogen-bond donors (Lipinski definition) is 0. The van der Waals surface area contributed by atoms with E-state index in [2.05, 4.69) is 4.98 Å². The standard InChI is InChI=1S/C25H28N4O3/c1-17-5-4-6-23(26-17)32-16-21-20-15-29(14-11-22(20)28(2)27-21)24(30)25(12-13-25)18-7-9-19(31-3)10-8-18/h4-10H,11-16H2,1-3H3. The largest absolute Gasteiger partial charge is 0.497 e. The lowest BCUT2D eigenvalue weighted by molar-refractivity contribution is -0.135. The highest BCUT2D eigenvalue weighted by atomic mass is 16.5. The van der Waals surface area contributed by atoms with E-state index in [0.717, 1.165) is 47.5 Å². The monoisotopic (exact) mass is 432 g/mol. The van der Waals surface area contributed by atoms with Crippen LogP contribution in [-0.4, -0.2) is 39.2 Å². The minimum Gasteiger partial charge on any atom is -0.497 e. The molecule has 2 aromatic heterocycles. The molecule has 5 rings (SSSR count). The van der Waals surface area contributed by atoms with Crippen LogP contribution in [0.15, 0.2) is 42.5 Å². The molecule has 0 radical (unpaired) electrons. The van der Waals surface area contributed by atoms with Crippen molar-refractivity contribution in [1.29, 1.82) is 0 Å². The predicted octanol–water partition coefficient (Wildman–Crippen LogP) is 3.33. The fourth-order valence-electron chi connectivity index (χ4n) is 4.66. The van der Waals surface area contributed by atoms with Crippen molar-refractivity contribution in [3.63, 3.8) is 0 Å². The van der Waals surface area contributed by atoms with Gasteiger partial charge >= 0.3 is 0 Å². The maximum atomic E-state index is 13.6. The van der Waals surface area contributed by atoms with Crippen LogP contribution in [0.25, 0.3) is 0 Å². The molecule has 0 bridgehead atoms. The maximum Gasteiger partial charge on any atom is 0.233 e. The molecular weight excluding hydrogens is 404 g/mol. The topological polar surface area (TPSA) is 69.5 Å². The van der Waals surface area contributed by atoms with E-state index >= 15 is 0 Å². The molecule has 7 nitrogen and oxygen atoms in total. The van der Waals surface area contributed by atoms with Gasteiger partial charge in [-0.25, -0.2) is 4.98 Å². The smallest absolute Gasteiger partial charge is 0.233 e. The second-order valence-corrected chi connectivity index (χ2v) is 8.69. The lowest BCUT2D eigenvalue weighted by Crippen LogP contribution is -2.42. The van der Waals surface area contributed by atoms with Gasteiger partial charge < -0.3 is 14.4 Å². The number of ether oxygens (including phenoxy) is 2. The Labute approximate surface area is 188 Å². The van der Waals surface area contributed by atoms with Gasteiger partial charge in [0, 0.05) is 49.6 Å². The number of aryl methyl sites for hydroxylation is 2. The Morgan fingerprint density at radius 2 is 1.94 bits per heavy atom. The zero-order chi connectivity index (χ0) is 22.3. The molecule has 3 aromatic rings. The summed E-state index contributed by atoms with van der Waals surface area (Å²) in [6, 6.07) is 13.6. The molecule has 1 amide bonds. The summed E-state index contributed by atoms with van der Waals surface area (Å²) in [7, 11) is 3.62. The summed E-state index contributed by atoms with van der Waals surface area (Å²) >= 11 is 0. The number of aromatic nitrogens is 3. The summed E-state index contributed by atoms with van der Waals surface area (Å²) < 4.78 is 13.1. The molecule has 1 saturated carbocycles. The number of fused-ring (bicyclic) bond motifs is 1. The van der Waals surface area contributed by atoms with Crippen LogP contribution < -0.4 is 9.47 Å². The minimum absolute atomic E-state index is 0.212. The molecule has 1 aliphatic carbocycles. The molecule has 3 heterocycles. The van der Waals surface area contributed by atoms with Crippen LogP contribution >= 0.6 is 0 Å². The van der Waals surface area contributed by atoms with Gasteiger partial charge in [0.15, 0.2) is 0 Å². The molecular formula is C25H28N4O3. The predicted molar refractivity (Wildman–Crippen MR) is 120 cm³/mol. The van der Waals surface area contributed by atoms with Gasteiger partial charge in [-0.3, -0.25) is 9.48 Å². The Morgan fingerprint density at radius 3 is 2.62 bits per heavy atom. The number of hydrogen-bond acceptors (Lipinski definition) is 5. The van der Waals surface area contributed by atoms with Crippen molar-refractivity contribution >= 4 is 5.91 Å². The fourth-order valence-corrected chi connectivity index (χ4v) is 4.66. The Bertz CT molecular complexity index is 1150. The van der Waals surface area contributed by atoms with Crippen molar-refractivity contribution in [1.82, 2.24) is 19.7 Å². The fraction of sp³-hybridized carbons (Fsp3) is 0.400. The van der Waals surface area contributed by atoms with Crippen LogP contribution in [-0.2, 0) is 36.8 Å². The Hall–Kier alpha value is -3.35. The van der Waals surface area contributed by atoms with Crippen molar-refractivity contribution in [2.45, 2.75) is 44.8 Å². The molecule has 0 N–H and O–H groups in total. The number of carbonyl (C=O) groups excluding carboxylic acids is 1. The van der Waals surface area contributed by atoms with Crippen molar-refractivity contribution in [2.75, 3.05) is 13.7 Å². The van der Waals surface area contributed by atoms with E-state index in [-0.39, 0.29) is 5.91 Å². The first-order valence-electron chi connectivity index (χ1n) is 11.0. The van der Waals surface area contributed by atoms with E-state index in [1.807, 2.05) is 66.0 Å². The average molecular weight is 433 g/mol. The van der Waals surface area contributed by atoms with Gasteiger partial charge in [-0.2, -0.15) is 5.10 Å². The van der Waals surface area contributed by atoms with E-state index in [4.69, 9.17) is 14.6 Å². The van der Waals surface area contributed by atoms with Crippen LogP contribution in [0.3, 0.4) is 0 Å². The molecule has 1 aliphatic heterocycles. The Morgan fingerprint density at radius 1 is 1.16 bits per heavy atom. The van der Waals surface area contributed by atoms with Crippen molar-refractivity contribution in [3.8, 4) is 11.6 Å². The second-order valence-electron chi connectivity index (χ2n) is 8.69. The number of amides is 1. The van der Waals surface area contributed by atoms with Crippen LogP contribution in [0.2, 0.25) is 0 Å². The lowest BCUT2D eigenvalue weighted by Gasteiger charge is -2.31. The van der Waals surface area contributed by atoms with Crippen molar-refractivity contribution in [2.24, 2.45) is 7.05 Å². The third kappa shape index (κ3) is 3.61. The first-order valence-corrected chi connectivity index (χ1v) is 11.0. The highest BCUT2D eigenvalue weighted by Crippen LogP contribution is 2.50. The zero-order valence-corrected chi connectivity index (χ0v) is 18.8. The van der Waals surface area contributed by atoms with Gasteiger partial charge in [0.05, 0.1) is 12.5 Å². The van der Waals surface area contributed by atoms with E-state index in [9.17, 15) is 4.79 Å². The molecule has 7 heteroatoms. The molecule has 1 fully saturated rings. The first kappa shape index (κ1) is 20.5. The zero-order valence-electron chi connectivity index (χ0n) is 18.8. The summed E-state index contributed by atoms with van der Waals surface area (Å²) in [6.07, 6.45) is 2.58. The number of rotatable bonds is 6. The van der Waals surface area contributed by atoms with Crippen LogP contribution in [0.1, 0.15) is 41.1 Å². The number of nitrogens with zero attached hydrogens (tertiary/aromatic N) is 4. The van der Waals surface area contributed by atoms with Gasteiger partial charge in [-0.1, -0.05) is 18.2 Å². The van der Waals surface area contributed by atoms with E-state index in [0.29, 0.717) is 25.6 Å². The molecule has 0 unspecified atom stereocenters. The first-order chi connectivity index (χ1) is 15.5. The second kappa shape index (κ2) is 7.97. The summed E-state index contributed by atoms with van der Waals surface area (Å²) in [5, 5.41) is 4.69. The van der Waals surface area contributed by atoms with E-state index in [1.54, 1.807) is 7.11 Å². The maximum absolute atomic E-state index is 13.6. The third-order valence-electron chi connectivity index (χ3n) is 6.63. The van der Waals surface area contributed by atoms with Gasteiger partial charge in [0.2, 0.25) is 11.8 Å². The molecule has 0 atom stereocenters. The molecule has 0 spiro atoms. The SMILES string of the molecule is COc1ccc(C2(C(=O)N3CCc4c(c(COc5cccc(C)n5)nn4C)C3)CC2)cc1. The van der Waals surface area contributed by atoms with E-state index in [1.165, 1.54) is 5.69 Å². The summed E-state index contributed by atoms with van der Waals surface area (Å²) in [6.45, 7) is 3.56. The molecule has 2 aliphatic rings. The van der Waals surface area contributed by atoms with Gasteiger partial charge in [0.25, 0.3) is 0 Å². The normalized spacial score (nSPS) is 16.4. The molecule has 166 valence electrons. The Kier molecular flexibility index (Phi) is 5.12. The average Bonchev–Trinajstić information content (AvgIpc) is 3.57. The van der Waals surface area contributed by atoms with Crippen LogP contribution in [0, 0.1) is 6.92 Å². The highest BCUT2D eigenvalue weighted by molar-refractivity contribution is 5.91. The highest BCUT2D eigenvalue weighted by Gasteiger charge is 2.53. The van der Waals surface area contributed by atoms with E-state index < -0.39 is 5.41 Å². The summed E-state index contributed by atoms with van der Waals surface area (Å²) in [5.41, 5.74) is 4.75. The van der Waals surface area contributed by atoms with Crippen molar-refractivity contribution in [3.05, 3.63) is 70.7 Å². The quantitative estimate of drug-likeness (QED) is 0.598. The van der Waals surface area contributed by atoms with Gasteiger partial charge in [-0.05, 0) is 43.5 Å². The van der Waals surface area contributed by atoms with Crippen LogP contribution in [0.4, 0.5) is 0 Å². The molecule has 0 saturated heterocycles. The van der Waals surface area contributed by atoms with Gasteiger partial charge in [-0.15, -0.1) is 0 Å².